The number of carbonyl (C=O) groups is 3. The van der Waals surface area contributed by atoms with Crippen molar-refractivity contribution in [2.45, 2.75) is 25.4 Å². The van der Waals surface area contributed by atoms with Crippen LogP contribution in [0.5, 0.6) is 0 Å². The van der Waals surface area contributed by atoms with E-state index in [0.29, 0.717) is 6.42 Å². The van der Waals surface area contributed by atoms with Crippen LogP contribution in [-0.2, 0) is 30.3 Å². The van der Waals surface area contributed by atoms with Crippen molar-refractivity contribution in [3.05, 3.63) is 36.0 Å². The largest absolute Gasteiger partial charge is 0.453 e. The molecule has 1 aromatic heterocycles. The number of rotatable bonds is 7. The predicted octanol–water partition coefficient (Wildman–Crippen LogP) is 1.50. The van der Waals surface area contributed by atoms with Gasteiger partial charge in [-0.05, 0) is 31.0 Å². The number of aromatic amines is 1. The van der Waals surface area contributed by atoms with Gasteiger partial charge in [-0.2, -0.15) is 0 Å². The van der Waals surface area contributed by atoms with Crippen LogP contribution in [0, 0.1) is 5.92 Å². The molecule has 148 valence electrons. The van der Waals surface area contributed by atoms with Crippen molar-refractivity contribution in [3.8, 4) is 0 Å². The first-order valence-corrected chi connectivity index (χ1v) is 9.75. The molecule has 0 spiro atoms. The zero-order valence-corrected chi connectivity index (χ0v) is 15.7. The van der Waals surface area contributed by atoms with Gasteiger partial charge in [0.15, 0.2) is 23.6 Å². The van der Waals surface area contributed by atoms with Gasteiger partial charge in [0.25, 0.3) is 0 Å². The molecule has 28 heavy (non-hydrogen) atoms. The SMILES string of the molecule is O=C(Cc1c[nH]c2ccccc12)C1C(=O)OC(CCCN2CCOCC2)C1=O. The fourth-order valence-corrected chi connectivity index (χ4v) is 3.95. The molecular weight excluding hydrogens is 360 g/mol. The zero-order valence-electron chi connectivity index (χ0n) is 15.7. The van der Waals surface area contributed by atoms with Gasteiger partial charge in [0, 0.05) is 36.6 Å². The van der Waals surface area contributed by atoms with Crippen molar-refractivity contribution in [3.63, 3.8) is 0 Å². The zero-order chi connectivity index (χ0) is 19.5. The minimum Gasteiger partial charge on any atom is -0.453 e. The summed E-state index contributed by atoms with van der Waals surface area (Å²) in [6, 6.07) is 7.63. The van der Waals surface area contributed by atoms with E-state index >= 15 is 0 Å². The number of esters is 1. The number of para-hydroxylation sites is 1. The van der Waals surface area contributed by atoms with Crippen LogP contribution in [0.15, 0.2) is 30.5 Å². The Bertz CT molecular complexity index is 884. The number of nitrogens with one attached hydrogen (secondary N) is 1. The smallest absolute Gasteiger partial charge is 0.325 e. The van der Waals surface area contributed by atoms with Gasteiger partial charge in [-0.1, -0.05) is 18.2 Å². The molecule has 2 fully saturated rings. The minimum atomic E-state index is -1.29. The molecule has 1 aromatic carbocycles. The molecule has 2 saturated heterocycles. The molecule has 0 bridgehead atoms. The molecule has 4 rings (SSSR count). The fraction of sp³-hybridized carbons (Fsp3) is 0.476. The maximum Gasteiger partial charge on any atom is 0.325 e. The third kappa shape index (κ3) is 3.86. The number of carbonyl (C=O) groups excluding carboxylic acids is 3. The molecule has 0 saturated carbocycles. The topological polar surface area (TPSA) is 88.7 Å². The lowest BCUT2D eigenvalue weighted by Crippen LogP contribution is -2.37. The summed E-state index contributed by atoms with van der Waals surface area (Å²) in [7, 11) is 0. The average molecular weight is 384 g/mol. The lowest BCUT2D eigenvalue weighted by molar-refractivity contribution is -0.146. The summed E-state index contributed by atoms with van der Waals surface area (Å²) in [6.45, 7) is 4.04. The molecule has 2 unspecified atom stereocenters. The molecular formula is C21H24N2O5. The molecule has 3 heterocycles. The van der Waals surface area contributed by atoms with Gasteiger partial charge in [0.1, 0.15) is 0 Å². The normalized spacial score (nSPS) is 23.3. The van der Waals surface area contributed by atoms with Gasteiger partial charge < -0.3 is 14.5 Å². The predicted molar refractivity (Wildman–Crippen MR) is 102 cm³/mol. The molecule has 0 radical (unpaired) electrons. The van der Waals surface area contributed by atoms with E-state index in [4.69, 9.17) is 9.47 Å². The lowest BCUT2D eigenvalue weighted by atomic mass is 9.92. The van der Waals surface area contributed by atoms with Crippen molar-refractivity contribution in [1.29, 1.82) is 0 Å². The molecule has 0 aliphatic carbocycles. The van der Waals surface area contributed by atoms with Gasteiger partial charge in [-0.3, -0.25) is 19.3 Å². The number of hydrogen-bond acceptors (Lipinski definition) is 6. The van der Waals surface area contributed by atoms with E-state index in [9.17, 15) is 14.4 Å². The van der Waals surface area contributed by atoms with Gasteiger partial charge in [-0.25, -0.2) is 0 Å². The van der Waals surface area contributed by atoms with Crippen molar-refractivity contribution < 1.29 is 23.9 Å². The minimum absolute atomic E-state index is 0.0377. The number of cyclic esters (lactones) is 1. The highest BCUT2D eigenvalue weighted by Crippen LogP contribution is 2.25. The van der Waals surface area contributed by atoms with Gasteiger partial charge in [0.2, 0.25) is 0 Å². The third-order valence-electron chi connectivity index (χ3n) is 5.50. The number of ketones is 2. The quantitative estimate of drug-likeness (QED) is 0.575. The molecule has 2 atom stereocenters. The average Bonchev–Trinajstić information content (AvgIpc) is 3.23. The van der Waals surface area contributed by atoms with E-state index in [2.05, 4.69) is 9.88 Å². The number of fused-ring (bicyclic) bond motifs is 1. The van der Waals surface area contributed by atoms with Crippen molar-refractivity contribution in [1.82, 2.24) is 9.88 Å². The second-order valence-corrected chi connectivity index (χ2v) is 7.36. The van der Waals surface area contributed by atoms with E-state index in [1.54, 1.807) is 6.20 Å². The molecule has 2 aliphatic heterocycles. The Balaban J connectivity index is 1.34. The number of ether oxygens (including phenoxy) is 2. The highest BCUT2D eigenvalue weighted by molar-refractivity contribution is 6.22. The molecule has 7 nitrogen and oxygen atoms in total. The molecule has 2 aliphatic rings. The van der Waals surface area contributed by atoms with Gasteiger partial charge in [-0.15, -0.1) is 0 Å². The number of Topliss-reactive ketones (excluding diaryl/α,β-unsaturated/α-hetero) is 2. The van der Waals surface area contributed by atoms with E-state index in [-0.39, 0.29) is 6.42 Å². The highest BCUT2D eigenvalue weighted by atomic mass is 16.6. The number of aromatic nitrogens is 1. The number of nitrogens with zero attached hydrogens (tertiary/aromatic N) is 1. The van der Waals surface area contributed by atoms with Crippen LogP contribution < -0.4 is 0 Å². The Morgan fingerprint density at radius 1 is 1.18 bits per heavy atom. The van der Waals surface area contributed by atoms with Crippen LogP contribution in [0.3, 0.4) is 0 Å². The first-order chi connectivity index (χ1) is 13.6. The first kappa shape index (κ1) is 18.8. The Hall–Kier alpha value is -2.51. The van der Waals surface area contributed by atoms with Gasteiger partial charge in [0.05, 0.1) is 13.2 Å². The van der Waals surface area contributed by atoms with E-state index in [0.717, 1.165) is 55.7 Å². The molecule has 2 aromatic rings. The monoisotopic (exact) mass is 384 g/mol. The second-order valence-electron chi connectivity index (χ2n) is 7.36. The highest BCUT2D eigenvalue weighted by Gasteiger charge is 2.47. The van der Waals surface area contributed by atoms with Crippen LogP contribution in [-0.4, -0.2) is 66.4 Å². The van der Waals surface area contributed by atoms with Crippen molar-refractivity contribution in [2.75, 3.05) is 32.8 Å². The van der Waals surface area contributed by atoms with Crippen LogP contribution in [0.4, 0.5) is 0 Å². The number of H-pyrrole nitrogens is 1. The van der Waals surface area contributed by atoms with Crippen LogP contribution in [0.25, 0.3) is 10.9 Å². The van der Waals surface area contributed by atoms with Gasteiger partial charge >= 0.3 is 5.97 Å². The Morgan fingerprint density at radius 2 is 1.96 bits per heavy atom. The number of benzene rings is 1. The van der Waals surface area contributed by atoms with Crippen LogP contribution in [0.2, 0.25) is 0 Å². The third-order valence-corrected chi connectivity index (χ3v) is 5.50. The molecule has 1 N–H and O–H groups in total. The summed E-state index contributed by atoms with van der Waals surface area (Å²) in [4.78, 5) is 42.9. The summed E-state index contributed by atoms with van der Waals surface area (Å²) in [6.07, 6.45) is 2.19. The summed E-state index contributed by atoms with van der Waals surface area (Å²) in [5.41, 5.74) is 1.71. The molecule has 7 heteroatoms. The number of morpholine rings is 1. The summed E-state index contributed by atoms with van der Waals surface area (Å²) in [5.74, 6) is -2.78. The summed E-state index contributed by atoms with van der Waals surface area (Å²) in [5, 5.41) is 0.928. The van der Waals surface area contributed by atoms with Crippen molar-refractivity contribution >= 4 is 28.4 Å². The standard InChI is InChI=1S/C21H24N2O5/c24-17(12-14-13-22-16-5-2-1-4-15(14)16)19-20(25)18(28-21(19)26)6-3-7-23-8-10-27-11-9-23/h1-2,4-5,13,18-19,22H,3,6-12H2. The van der Waals surface area contributed by atoms with Crippen molar-refractivity contribution in [2.24, 2.45) is 5.92 Å². The lowest BCUT2D eigenvalue weighted by Gasteiger charge is -2.26. The van der Waals surface area contributed by atoms with E-state index in [1.807, 2.05) is 24.3 Å². The Kier molecular flexibility index (Phi) is 5.54. The molecule has 0 amide bonds. The fourth-order valence-electron chi connectivity index (χ4n) is 3.95. The Morgan fingerprint density at radius 3 is 2.79 bits per heavy atom. The summed E-state index contributed by atoms with van der Waals surface area (Å²) < 4.78 is 10.6. The Labute approximate surface area is 163 Å². The van der Waals surface area contributed by atoms with Crippen LogP contribution in [0.1, 0.15) is 18.4 Å². The summed E-state index contributed by atoms with van der Waals surface area (Å²) >= 11 is 0. The number of hydrogen-bond donors (Lipinski definition) is 1. The maximum absolute atomic E-state index is 12.7. The van der Waals surface area contributed by atoms with E-state index in [1.165, 1.54) is 0 Å². The van der Waals surface area contributed by atoms with E-state index < -0.39 is 29.6 Å². The maximum atomic E-state index is 12.7. The van der Waals surface area contributed by atoms with Crippen LogP contribution >= 0.6 is 0 Å². The first-order valence-electron chi connectivity index (χ1n) is 9.75. The second kappa shape index (κ2) is 8.24.